The van der Waals surface area contributed by atoms with Crippen LogP contribution < -0.4 is 10.6 Å². The second kappa shape index (κ2) is 8.50. The van der Waals surface area contributed by atoms with Crippen LogP contribution in [0.2, 0.25) is 0 Å². The Morgan fingerprint density at radius 1 is 1.35 bits per heavy atom. The van der Waals surface area contributed by atoms with E-state index in [2.05, 4.69) is 10.6 Å². The molecule has 1 saturated heterocycles. The van der Waals surface area contributed by atoms with Gasteiger partial charge in [0.25, 0.3) is 0 Å². The zero-order valence-electron chi connectivity index (χ0n) is 14.8. The lowest BCUT2D eigenvalue weighted by Gasteiger charge is -2.34. The molecule has 1 aliphatic rings. The molecule has 26 heavy (non-hydrogen) atoms. The number of likely N-dealkylation sites (N-methyl/N-ethyl adjacent to an activating group) is 1. The standard InChI is InChI=1S/C17H23F3N4O2/c1-12-9-21-7-8-24(12)11-16(26)23(2)10-15(25)22-14-6-4-3-5-13(14)17(18,19)20/h3-6,12,21H,7-11H2,1-2H3,(H,22,25)/t12-/m0/s1. The summed E-state index contributed by atoms with van der Waals surface area (Å²) in [6.07, 6.45) is -4.57. The van der Waals surface area contributed by atoms with E-state index in [1.165, 1.54) is 30.1 Å². The van der Waals surface area contributed by atoms with Crippen LogP contribution in [0.3, 0.4) is 0 Å². The van der Waals surface area contributed by atoms with Crippen molar-refractivity contribution in [3.63, 3.8) is 0 Å². The van der Waals surface area contributed by atoms with E-state index in [0.717, 1.165) is 25.7 Å². The first-order valence-corrected chi connectivity index (χ1v) is 8.33. The number of amides is 2. The van der Waals surface area contributed by atoms with Crippen molar-refractivity contribution in [2.75, 3.05) is 45.1 Å². The van der Waals surface area contributed by atoms with Gasteiger partial charge in [0.2, 0.25) is 11.8 Å². The maximum atomic E-state index is 13.0. The molecule has 9 heteroatoms. The molecule has 0 unspecified atom stereocenters. The Bertz CT molecular complexity index is 651. The molecule has 0 saturated carbocycles. The lowest BCUT2D eigenvalue weighted by molar-refractivity contribution is -0.137. The quantitative estimate of drug-likeness (QED) is 0.820. The van der Waals surface area contributed by atoms with Crippen LogP contribution in [0.1, 0.15) is 12.5 Å². The fourth-order valence-corrected chi connectivity index (χ4v) is 2.75. The van der Waals surface area contributed by atoms with Gasteiger partial charge >= 0.3 is 6.18 Å². The summed E-state index contributed by atoms with van der Waals surface area (Å²) in [5.41, 5.74) is -1.24. The van der Waals surface area contributed by atoms with Crippen molar-refractivity contribution in [3.05, 3.63) is 29.8 Å². The molecule has 2 amide bonds. The van der Waals surface area contributed by atoms with Crippen LogP contribution in [-0.2, 0) is 15.8 Å². The smallest absolute Gasteiger partial charge is 0.335 e. The van der Waals surface area contributed by atoms with Crippen LogP contribution in [-0.4, -0.2) is 67.4 Å². The predicted molar refractivity (Wildman–Crippen MR) is 91.6 cm³/mol. The number of alkyl halides is 3. The summed E-state index contributed by atoms with van der Waals surface area (Å²) < 4.78 is 38.9. The molecule has 0 spiro atoms. The number of carbonyl (C=O) groups excluding carboxylic acids is 2. The summed E-state index contributed by atoms with van der Waals surface area (Å²) in [5, 5.41) is 5.46. The first-order valence-electron chi connectivity index (χ1n) is 8.33. The van der Waals surface area contributed by atoms with Gasteiger partial charge in [-0.05, 0) is 19.1 Å². The fourth-order valence-electron chi connectivity index (χ4n) is 2.75. The molecule has 2 rings (SSSR count). The van der Waals surface area contributed by atoms with Crippen LogP contribution in [0.15, 0.2) is 24.3 Å². The van der Waals surface area contributed by atoms with E-state index in [9.17, 15) is 22.8 Å². The third-order valence-corrected chi connectivity index (χ3v) is 4.29. The van der Waals surface area contributed by atoms with E-state index in [1.807, 2.05) is 11.8 Å². The number of piperazine rings is 1. The van der Waals surface area contributed by atoms with E-state index in [4.69, 9.17) is 0 Å². The molecule has 0 aliphatic carbocycles. The summed E-state index contributed by atoms with van der Waals surface area (Å²) in [4.78, 5) is 27.6. The van der Waals surface area contributed by atoms with Crippen molar-refractivity contribution >= 4 is 17.5 Å². The van der Waals surface area contributed by atoms with Gasteiger partial charge in [0, 0.05) is 32.7 Å². The zero-order chi connectivity index (χ0) is 19.3. The Hall–Kier alpha value is -2.13. The van der Waals surface area contributed by atoms with Gasteiger partial charge in [-0.25, -0.2) is 0 Å². The summed E-state index contributed by atoms with van der Waals surface area (Å²) in [7, 11) is 1.46. The number of halogens is 3. The molecule has 0 radical (unpaired) electrons. The van der Waals surface area contributed by atoms with E-state index < -0.39 is 17.6 Å². The Balaban J connectivity index is 1.92. The van der Waals surface area contributed by atoms with Gasteiger partial charge in [-0.2, -0.15) is 13.2 Å². The molecule has 0 bridgehead atoms. The van der Waals surface area contributed by atoms with Crippen molar-refractivity contribution in [2.24, 2.45) is 0 Å². The Kier molecular flexibility index (Phi) is 6.60. The molecule has 1 aromatic rings. The summed E-state index contributed by atoms with van der Waals surface area (Å²) in [5.74, 6) is -0.927. The van der Waals surface area contributed by atoms with Crippen molar-refractivity contribution in [1.82, 2.24) is 15.1 Å². The van der Waals surface area contributed by atoms with Crippen LogP contribution in [0.5, 0.6) is 0 Å². The normalized spacial score (nSPS) is 18.4. The Labute approximate surface area is 150 Å². The van der Waals surface area contributed by atoms with Gasteiger partial charge in [0.15, 0.2) is 0 Å². The number of benzene rings is 1. The van der Waals surface area contributed by atoms with Gasteiger partial charge in [0.05, 0.1) is 24.3 Å². The molecule has 1 fully saturated rings. The van der Waals surface area contributed by atoms with Crippen LogP contribution in [0, 0.1) is 0 Å². The van der Waals surface area contributed by atoms with Crippen molar-refractivity contribution in [1.29, 1.82) is 0 Å². The molecular weight excluding hydrogens is 349 g/mol. The second-order valence-electron chi connectivity index (χ2n) is 6.36. The molecule has 6 nitrogen and oxygen atoms in total. The van der Waals surface area contributed by atoms with Gasteiger partial charge in [-0.3, -0.25) is 14.5 Å². The summed E-state index contributed by atoms with van der Waals surface area (Å²) in [6, 6.07) is 4.95. The number of para-hydroxylation sites is 1. The molecule has 1 atom stereocenters. The highest BCUT2D eigenvalue weighted by Crippen LogP contribution is 2.34. The summed E-state index contributed by atoms with van der Waals surface area (Å²) in [6.45, 7) is 4.16. The largest absolute Gasteiger partial charge is 0.418 e. The average molecular weight is 372 g/mol. The first kappa shape index (κ1) is 20.2. The minimum absolute atomic E-state index is 0.172. The van der Waals surface area contributed by atoms with Gasteiger partial charge in [-0.1, -0.05) is 12.1 Å². The van der Waals surface area contributed by atoms with Crippen molar-refractivity contribution in [2.45, 2.75) is 19.1 Å². The lowest BCUT2D eigenvalue weighted by atomic mass is 10.1. The van der Waals surface area contributed by atoms with Gasteiger partial charge < -0.3 is 15.5 Å². The van der Waals surface area contributed by atoms with Gasteiger partial charge in [0.1, 0.15) is 0 Å². The maximum Gasteiger partial charge on any atom is 0.418 e. The lowest BCUT2D eigenvalue weighted by Crippen LogP contribution is -2.53. The number of rotatable bonds is 5. The third kappa shape index (κ3) is 5.43. The highest BCUT2D eigenvalue weighted by atomic mass is 19.4. The maximum absolute atomic E-state index is 13.0. The molecular formula is C17H23F3N4O2. The number of nitrogens with one attached hydrogen (secondary N) is 2. The molecule has 0 aromatic heterocycles. The summed E-state index contributed by atoms with van der Waals surface area (Å²) >= 11 is 0. The third-order valence-electron chi connectivity index (χ3n) is 4.29. The fraction of sp³-hybridized carbons (Fsp3) is 0.529. The minimum atomic E-state index is -4.57. The highest BCUT2D eigenvalue weighted by molar-refractivity contribution is 5.95. The van der Waals surface area contributed by atoms with E-state index in [0.29, 0.717) is 0 Å². The van der Waals surface area contributed by atoms with Crippen molar-refractivity contribution < 1.29 is 22.8 Å². The van der Waals surface area contributed by atoms with Crippen LogP contribution in [0.25, 0.3) is 0 Å². The SMILES string of the molecule is C[C@H]1CNCCN1CC(=O)N(C)CC(=O)Nc1ccccc1C(F)(F)F. The monoisotopic (exact) mass is 372 g/mol. The van der Waals surface area contributed by atoms with Crippen molar-refractivity contribution in [3.8, 4) is 0 Å². The number of anilines is 1. The minimum Gasteiger partial charge on any atom is -0.335 e. The Morgan fingerprint density at radius 3 is 2.69 bits per heavy atom. The Morgan fingerprint density at radius 2 is 2.04 bits per heavy atom. The molecule has 1 aromatic carbocycles. The molecule has 144 valence electrons. The first-order chi connectivity index (χ1) is 12.2. The van der Waals surface area contributed by atoms with E-state index >= 15 is 0 Å². The number of hydrogen-bond acceptors (Lipinski definition) is 4. The van der Waals surface area contributed by atoms with E-state index in [-0.39, 0.29) is 30.7 Å². The van der Waals surface area contributed by atoms with E-state index in [1.54, 1.807) is 0 Å². The highest BCUT2D eigenvalue weighted by Gasteiger charge is 2.33. The van der Waals surface area contributed by atoms with Gasteiger partial charge in [-0.15, -0.1) is 0 Å². The average Bonchev–Trinajstić information content (AvgIpc) is 2.56. The number of hydrogen-bond donors (Lipinski definition) is 2. The molecule has 1 aliphatic heterocycles. The number of carbonyl (C=O) groups is 2. The molecule has 1 heterocycles. The number of nitrogens with zero attached hydrogens (tertiary/aromatic N) is 2. The predicted octanol–water partition coefficient (Wildman–Crippen LogP) is 1.40. The zero-order valence-corrected chi connectivity index (χ0v) is 14.8. The van der Waals surface area contributed by atoms with Crippen LogP contribution >= 0.6 is 0 Å². The molecule has 2 N–H and O–H groups in total. The van der Waals surface area contributed by atoms with Crippen LogP contribution in [0.4, 0.5) is 18.9 Å². The topological polar surface area (TPSA) is 64.7 Å². The second-order valence-corrected chi connectivity index (χ2v) is 6.36.